The fourth-order valence-electron chi connectivity index (χ4n) is 3.01. The maximum absolute atomic E-state index is 12.2. The maximum atomic E-state index is 12.2. The largest absolute Gasteiger partial charge is 0.341 e. The van der Waals surface area contributed by atoms with Crippen LogP contribution in [0.15, 0.2) is 0 Å². The van der Waals surface area contributed by atoms with Crippen molar-refractivity contribution in [3.05, 3.63) is 0 Å². The van der Waals surface area contributed by atoms with Crippen LogP contribution < -0.4 is 5.32 Å². The number of nitrogens with one attached hydrogen (secondary N) is 1. The summed E-state index contributed by atoms with van der Waals surface area (Å²) in [6.07, 6.45) is 3.52. The fraction of sp³-hybridized carbons (Fsp3) is 0.929. The second-order valence-corrected chi connectivity index (χ2v) is 7.53. The lowest BCUT2D eigenvalue weighted by Crippen LogP contribution is -2.50. The fourth-order valence-corrected chi connectivity index (χ4v) is 4.29. The Morgan fingerprint density at radius 1 is 1.39 bits per heavy atom. The number of rotatable bonds is 3. The summed E-state index contributed by atoms with van der Waals surface area (Å²) in [5.74, 6) is 2.67. The lowest BCUT2D eigenvalue weighted by atomic mass is 9.87. The number of carbonyl (C=O) groups is 1. The van der Waals surface area contributed by atoms with Gasteiger partial charge in [0.25, 0.3) is 0 Å². The Morgan fingerprint density at radius 3 is 2.67 bits per heavy atom. The summed E-state index contributed by atoms with van der Waals surface area (Å²) in [5.41, 5.74) is 0.400. The summed E-state index contributed by atoms with van der Waals surface area (Å²) in [5, 5.41) is 3.54. The van der Waals surface area contributed by atoms with Crippen molar-refractivity contribution in [3.63, 3.8) is 0 Å². The first-order chi connectivity index (χ1) is 8.48. The number of amides is 1. The minimum absolute atomic E-state index is 0.0254. The van der Waals surface area contributed by atoms with E-state index in [0.29, 0.717) is 17.4 Å². The predicted octanol–water partition coefficient (Wildman–Crippen LogP) is 2.12. The molecule has 104 valence electrons. The quantitative estimate of drug-likeness (QED) is 0.852. The molecule has 2 fully saturated rings. The summed E-state index contributed by atoms with van der Waals surface area (Å²) >= 11 is 2.01. The number of likely N-dealkylation sites (tertiary alicyclic amines) is 1. The molecule has 0 bridgehead atoms. The Labute approximate surface area is 115 Å². The zero-order chi connectivity index (χ0) is 13.2. The molecular weight excluding hydrogens is 244 g/mol. The predicted molar refractivity (Wildman–Crippen MR) is 77.9 cm³/mol. The van der Waals surface area contributed by atoms with Gasteiger partial charge >= 0.3 is 0 Å². The lowest BCUT2D eigenvalue weighted by molar-refractivity contribution is -0.132. The molecule has 1 amide bonds. The van der Waals surface area contributed by atoms with E-state index in [1.807, 2.05) is 23.6 Å². The van der Waals surface area contributed by atoms with E-state index in [9.17, 15) is 4.79 Å². The van der Waals surface area contributed by atoms with Crippen molar-refractivity contribution in [2.75, 3.05) is 24.6 Å². The molecule has 0 saturated carbocycles. The molecule has 2 unspecified atom stereocenters. The molecule has 0 aromatic heterocycles. The van der Waals surface area contributed by atoms with Crippen LogP contribution in [-0.4, -0.2) is 47.5 Å². The van der Waals surface area contributed by atoms with Crippen LogP contribution in [0.4, 0.5) is 0 Å². The van der Waals surface area contributed by atoms with Crippen molar-refractivity contribution in [3.8, 4) is 0 Å². The van der Waals surface area contributed by atoms with Gasteiger partial charge < -0.3 is 10.2 Å². The topological polar surface area (TPSA) is 32.3 Å². The van der Waals surface area contributed by atoms with Crippen LogP contribution in [0.25, 0.3) is 0 Å². The lowest BCUT2D eigenvalue weighted by Gasteiger charge is -2.36. The Hall–Kier alpha value is -0.220. The van der Waals surface area contributed by atoms with Crippen molar-refractivity contribution in [2.45, 2.75) is 52.1 Å². The summed E-state index contributed by atoms with van der Waals surface area (Å²) in [6.45, 7) is 8.57. The van der Waals surface area contributed by atoms with Gasteiger partial charge in [-0.2, -0.15) is 11.8 Å². The highest BCUT2D eigenvalue weighted by atomic mass is 32.2. The molecule has 2 saturated heterocycles. The molecule has 2 atom stereocenters. The third kappa shape index (κ3) is 3.64. The Bertz CT molecular complexity index is 300. The van der Waals surface area contributed by atoms with E-state index in [1.165, 1.54) is 25.0 Å². The van der Waals surface area contributed by atoms with E-state index >= 15 is 0 Å². The highest BCUT2D eigenvalue weighted by Crippen LogP contribution is 2.33. The van der Waals surface area contributed by atoms with E-state index in [-0.39, 0.29) is 6.04 Å². The summed E-state index contributed by atoms with van der Waals surface area (Å²) in [4.78, 5) is 14.2. The van der Waals surface area contributed by atoms with Crippen LogP contribution in [0.1, 0.15) is 40.0 Å². The van der Waals surface area contributed by atoms with Gasteiger partial charge in [-0.3, -0.25) is 4.79 Å². The standard InChI is InChI=1S/C14H26N2OS/c1-11(13(17)16-6-4-5-7-16)15-12-8-14(2,3)10-18-9-12/h11-12,15H,4-10H2,1-3H3. The van der Waals surface area contributed by atoms with Gasteiger partial charge in [-0.1, -0.05) is 13.8 Å². The van der Waals surface area contributed by atoms with E-state index in [1.54, 1.807) is 0 Å². The van der Waals surface area contributed by atoms with Gasteiger partial charge in [0.05, 0.1) is 6.04 Å². The molecule has 2 aliphatic heterocycles. The molecule has 2 aliphatic rings. The number of carbonyl (C=O) groups excluding carboxylic acids is 1. The Kier molecular flexibility index (Phi) is 4.59. The normalized spacial score (nSPS) is 29.3. The Morgan fingerprint density at radius 2 is 2.06 bits per heavy atom. The van der Waals surface area contributed by atoms with Gasteiger partial charge in [0.1, 0.15) is 0 Å². The number of hydrogen-bond donors (Lipinski definition) is 1. The molecule has 3 nitrogen and oxygen atoms in total. The number of thioether (sulfide) groups is 1. The van der Waals surface area contributed by atoms with Crippen LogP contribution in [0.5, 0.6) is 0 Å². The van der Waals surface area contributed by atoms with Gasteiger partial charge in [-0.25, -0.2) is 0 Å². The summed E-state index contributed by atoms with van der Waals surface area (Å²) in [7, 11) is 0. The van der Waals surface area contributed by atoms with E-state index in [0.717, 1.165) is 18.8 Å². The molecule has 0 aromatic carbocycles. The second kappa shape index (κ2) is 5.83. The molecular formula is C14H26N2OS. The third-order valence-electron chi connectivity index (χ3n) is 3.88. The van der Waals surface area contributed by atoms with Gasteiger partial charge in [0.15, 0.2) is 0 Å². The van der Waals surface area contributed by atoms with Crippen molar-refractivity contribution in [1.29, 1.82) is 0 Å². The molecule has 0 aromatic rings. The first-order valence-electron chi connectivity index (χ1n) is 7.10. The zero-order valence-corrected chi connectivity index (χ0v) is 12.7. The molecule has 0 radical (unpaired) electrons. The SMILES string of the molecule is CC(NC1CSCC(C)(C)C1)C(=O)N1CCCC1. The molecule has 0 spiro atoms. The molecule has 18 heavy (non-hydrogen) atoms. The van der Waals surface area contributed by atoms with Gasteiger partial charge in [0, 0.05) is 24.9 Å². The average molecular weight is 270 g/mol. The highest BCUT2D eigenvalue weighted by molar-refractivity contribution is 7.99. The number of nitrogens with zero attached hydrogens (tertiary/aromatic N) is 1. The first kappa shape index (κ1) is 14.2. The molecule has 2 rings (SSSR count). The zero-order valence-electron chi connectivity index (χ0n) is 11.9. The smallest absolute Gasteiger partial charge is 0.239 e. The summed E-state index contributed by atoms with van der Waals surface area (Å²) < 4.78 is 0. The highest BCUT2D eigenvalue weighted by Gasteiger charge is 2.31. The van der Waals surface area contributed by atoms with Crippen molar-refractivity contribution in [2.24, 2.45) is 5.41 Å². The van der Waals surface area contributed by atoms with Crippen molar-refractivity contribution < 1.29 is 4.79 Å². The van der Waals surface area contributed by atoms with Gasteiger partial charge in [0.2, 0.25) is 5.91 Å². The van der Waals surface area contributed by atoms with Crippen LogP contribution in [0, 0.1) is 5.41 Å². The molecule has 0 aliphatic carbocycles. The van der Waals surface area contributed by atoms with Crippen molar-refractivity contribution in [1.82, 2.24) is 10.2 Å². The minimum atomic E-state index is -0.0254. The van der Waals surface area contributed by atoms with Crippen LogP contribution in [0.2, 0.25) is 0 Å². The minimum Gasteiger partial charge on any atom is -0.341 e. The van der Waals surface area contributed by atoms with E-state index in [2.05, 4.69) is 19.2 Å². The van der Waals surface area contributed by atoms with Crippen molar-refractivity contribution >= 4 is 17.7 Å². The number of hydrogen-bond acceptors (Lipinski definition) is 3. The first-order valence-corrected chi connectivity index (χ1v) is 8.26. The third-order valence-corrected chi connectivity index (χ3v) is 5.51. The molecule has 2 heterocycles. The van der Waals surface area contributed by atoms with Gasteiger partial charge in [-0.05, 0) is 37.4 Å². The van der Waals surface area contributed by atoms with E-state index in [4.69, 9.17) is 0 Å². The van der Waals surface area contributed by atoms with Crippen LogP contribution >= 0.6 is 11.8 Å². The van der Waals surface area contributed by atoms with E-state index < -0.39 is 0 Å². The van der Waals surface area contributed by atoms with Crippen LogP contribution in [0.3, 0.4) is 0 Å². The van der Waals surface area contributed by atoms with Gasteiger partial charge in [-0.15, -0.1) is 0 Å². The second-order valence-electron chi connectivity index (χ2n) is 6.50. The van der Waals surface area contributed by atoms with Crippen LogP contribution in [-0.2, 0) is 4.79 Å². The monoisotopic (exact) mass is 270 g/mol. The average Bonchev–Trinajstić information content (AvgIpc) is 2.79. The Balaban J connectivity index is 1.82. The molecule has 4 heteroatoms. The molecule has 1 N–H and O–H groups in total. The maximum Gasteiger partial charge on any atom is 0.239 e. The summed E-state index contributed by atoms with van der Waals surface area (Å²) in [6, 6.07) is 0.461.